The van der Waals surface area contributed by atoms with Crippen LogP contribution in [0.15, 0.2) is 115 Å². The van der Waals surface area contributed by atoms with Gasteiger partial charge in [-0.3, -0.25) is 0 Å². The van der Waals surface area contributed by atoms with Crippen LogP contribution in [0.1, 0.15) is 0 Å². The lowest BCUT2D eigenvalue weighted by Gasteiger charge is -2.14. The van der Waals surface area contributed by atoms with Gasteiger partial charge in [0.05, 0.1) is 16.7 Å². The second-order valence-electron chi connectivity index (χ2n) is 7.54. The molecule has 2 heteroatoms. The van der Waals surface area contributed by atoms with E-state index in [-0.39, 0.29) is 0 Å². The zero-order valence-electron chi connectivity index (χ0n) is 16.4. The van der Waals surface area contributed by atoms with E-state index in [0.717, 1.165) is 17.1 Å². The molecular weight excluding hydrogens is 364 g/mol. The van der Waals surface area contributed by atoms with Crippen molar-refractivity contribution in [3.8, 4) is 5.69 Å². The first-order chi connectivity index (χ1) is 14.9. The molecule has 0 saturated heterocycles. The van der Waals surface area contributed by atoms with Gasteiger partial charge in [-0.1, -0.05) is 84.9 Å². The van der Waals surface area contributed by atoms with E-state index in [2.05, 4.69) is 125 Å². The molecule has 0 atom stereocenters. The van der Waals surface area contributed by atoms with Gasteiger partial charge in [-0.2, -0.15) is 0 Å². The highest BCUT2D eigenvalue weighted by molar-refractivity contribution is 6.14. The third kappa shape index (κ3) is 2.58. The van der Waals surface area contributed by atoms with Crippen molar-refractivity contribution in [2.45, 2.75) is 0 Å². The minimum atomic E-state index is 1.10. The minimum Gasteiger partial charge on any atom is -0.353 e. The molecule has 0 bridgehead atoms. The fourth-order valence-corrected chi connectivity index (χ4v) is 4.44. The van der Waals surface area contributed by atoms with Gasteiger partial charge in [0.1, 0.15) is 0 Å². The molecule has 1 aromatic heterocycles. The Morgan fingerprint density at radius 1 is 0.467 bits per heavy atom. The average Bonchev–Trinajstić information content (AvgIpc) is 3.15. The molecule has 0 aliphatic carbocycles. The van der Waals surface area contributed by atoms with E-state index < -0.39 is 0 Å². The van der Waals surface area contributed by atoms with Gasteiger partial charge in [0, 0.05) is 27.5 Å². The third-order valence-electron chi connectivity index (χ3n) is 5.77. The Bertz CT molecular complexity index is 1500. The molecule has 6 rings (SSSR count). The zero-order valence-corrected chi connectivity index (χ0v) is 16.4. The van der Waals surface area contributed by atoms with Gasteiger partial charge in [0.25, 0.3) is 0 Å². The lowest BCUT2D eigenvalue weighted by Crippen LogP contribution is -1.98. The molecule has 0 saturated carbocycles. The van der Waals surface area contributed by atoms with Crippen LogP contribution in [0.25, 0.3) is 38.3 Å². The normalized spacial score (nSPS) is 11.3. The van der Waals surface area contributed by atoms with Crippen molar-refractivity contribution in [3.05, 3.63) is 115 Å². The Balaban J connectivity index is 1.66. The fourth-order valence-electron chi connectivity index (χ4n) is 4.44. The van der Waals surface area contributed by atoms with E-state index in [1.54, 1.807) is 0 Å². The van der Waals surface area contributed by atoms with Crippen molar-refractivity contribution in [1.82, 2.24) is 4.57 Å². The van der Waals surface area contributed by atoms with Crippen molar-refractivity contribution in [1.29, 1.82) is 0 Å². The van der Waals surface area contributed by atoms with E-state index in [0.29, 0.717) is 0 Å². The second kappa shape index (κ2) is 6.78. The minimum absolute atomic E-state index is 1.10. The predicted octanol–water partition coefficient (Wildman–Crippen LogP) is 7.68. The maximum atomic E-state index is 3.74. The number of rotatable bonds is 3. The largest absolute Gasteiger partial charge is 0.353 e. The number of nitrogens with zero attached hydrogens (tertiary/aromatic N) is 1. The third-order valence-corrected chi connectivity index (χ3v) is 5.77. The summed E-state index contributed by atoms with van der Waals surface area (Å²) in [5.74, 6) is 0. The number of fused-ring (bicyclic) bond motifs is 4. The van der Waals surface area contributed by atoms with Crippen LogP contribution in [0.3, 0.4) is 0 Å². The molecular formula is C28H20N2. The van der Waals surface area contributed by atoms with Crippen molar-refractivity contribution >= 4 is 44.0 Å². The molecule has 0 radical (unpaired) electrons. The average molecular weight is 384 g/mol. The number of benzene rings is 5. The Morgan fingerprint density at radius 3 is 2.00 bits per heavy atom. The lowest BCUT2D eigenvalue weighted by atomic mass is 10.1. The number of anilines is 2. The fraction of sp³-hybridized carbons (Fsp3) is 0. The van der Waals surface area contributed by atoms with Gasteiger partial charge in [0.15, 0.2) is 0 Å². The molecule has 0 unspecified atom stereocenters. The number of hydrogen-bond acceptors (Lipinski definition) is 1. The van der Waals surface area contributed by atoms with Crippen molar-refractivity contribution < 1.29 is 0 Å². The van der Waals surface area contributed by atoms with E-state index in [9.17, 15) is 0 Å². The molecule has 2 nitrogen and oxygen atoms in total. The summed E-state index contributed by atoms with van der Waals surface area (Å²) in [6.45, 7) is 0. The van der Waals surface area contributed by atoms with Gasteiger partial charge in [-0.05, 0) is 35.7 Å². The van der Waals surface area contributed by atoms with E-state index in [1.165, 1.54) is 32.6 Å². The van der Waals surface area contributed by atoms with E-state index >= 15 is 0 Å². The topological polar surface area (TPSA) is 17.0 Å². The monoisotopic (exact) mass is 384 g/mol. The lowest BCUT2D eigenvalue weighted by molar-refractivity contribution is 1.18. The summed E-state index contributed by atoms with van der Waals surface area (Å²) in [4.78, 5) is 0. The molecule has 0 aliphatic heterocycles. The first-order valence-corrected chi connectivity index (χ1v) is 10.2. The van der Waals surface area contributed by atoms with Crippen LogP contribution in [0, 0.1) is 0 Å². The SMILES string of the molecule is c1ccc(-n2c3ccccc3c3cccc(Nc4cccc5ccccc45)c32)cc1. The number of hydrogen-bond donors (Lipinski definition) is 1. The molecule has 0 aliphatic rings. The predicted molar refractivity (Wildman–Crippen MR) is 128 cm³/mol. The summed E-state index contributed by atoms with van der Waals surface area (Å²) in [6.07, 6.45) is 0. The van der Waals surface area contributed by atoms with Crippen LogP contribution in [-0.4, -0.2) is 4.57 Å². The van der Waals surface area contributed by atoms with E-state index in [1.807, 2.05) is 0 Å². The van der Waals surface area contributed by atoms with Gasteiger partial charge >= 0.3 is 0 Å². The number of nitrogens with one attached hydrogen (secondary N) is 1. The summed E-state index contributed by atoms with van der Waals surface area (Å²) in [5, 5.41) is 8.71. The molecule has 1 N–H and O–H groups in total. The van der Waals surface area contributed by atoms with Gasteiger partial charge in [-0.25, -0.2) is 0 Å². The highest BCUT2D eigenvalue weighted by Crippen LogP contribution is 2.38. The summed E-state index contributed by atoms with van der Waals surface area (Å²) < 4.78 is 2.36. The molecule has 0 spiro atoms. The quantitative estimate of drug-likeness (QED) is 0.331. The summed E-state index contributed by atoms with van der Waals surface area (Å²) >= 11 is 0. The molecule has 1 heterocycles. The zero-order chi connectivity index (χ0) is 19.9. The van der Waals surface area contributed by atoms with Gasteiger partial charge in [0.2, 0.25) is 0 Å². The summed E-state index contributed by atoms with van der Waals surface area (Å²) in [6, 6.07) is 40.6. The van der Waals surface area contributed by atoms with Crippen LogP contribution in [-0.2, 0) is 0 Å². The Hall–Kier alpha value is -4.04. The smallest absolute Gasteiger partial charge is 0.0776 e. The maximum absolute atomic E-state index is 3.74. The number of aromatic nitrogens is 1. The summed E-state index contributed by atoms with van der Waals surface area (Å²) in [5.41, 5.74) is 5.79. The standard InChI is InChI=1S/C28H20N2/c1-2-12-21(13-3-1)30-27-19-7-6-15-23(27)24-16-9-18-26(28(24)30)29-25-17-8-11-20-10-4-5-14-22(20)25/h1-19,29H. The molecule has 30 heavy (non-hydrogen) atoms. The van der Waals surface area contributed by atoms with Gasteiger partial charge in [-0.15, -0.1) is 0 Å². The highest BCUT2D eigenvalue weighted by atomic mass is 15.0. The Labute approximate surface area is 175 Å². The first kappa shape index (κ1) is 16.9. The van der Waals surface area contributed by atoms with Crippen LogP contribution in [0.5, 0.6) is 0 Å². The Kier molecular flexibility index (Phi) is 3.82. The van der Waals surface area contributed by atoms with Crippen LogP contribution in [0.4, 0.5) is 11.4 Å². The van der Waals surface area contributed by atoms with Crippen molar-refractivity contribution in [2.75, 3.05) is 5.32 Å². The summed E-state index contributed by atoms with van der Waals surface area (Å²) in [7, 11) is 0. The molecule has 6 aromatic rings. The first-order valence-electron chi connectivity index (χ1n) is 10.2. The van der Waals surface area contributed by atoms with Crippen molar-refractivity contribution in [2.24, 2.45) is 0 Å². The van der Waals surface area contributed by atoms with Crippen molar-refractivity contribution in [3.63, 3.8) is 0 Å². The van der Waals surface area contributed by atoms with Gasteiger partial charge < -0.3 is 9.88 Å². The van der Waals surface area contributed by atoms with Crippen LogP contribution >= 0.6 is 0 Å². The maximum Gasteiger partial charge on any atom is 0.0776 e. The second-order valence-corrected chi connectivity index (χ2v) is 7.54. The highest BCUT2D eigenvalue weighted by Gasteiger charge is 2.15. The van der Waals surface area contributed by atoms with E-state index in [4.69, 9.17) is 0 Å². The molecule has 0 fully saturated rings. The number of para-hydroxylation sites is 3. The molecule has 142 valence electrons. The Morgan fingerprint density at radius 2 is 1.10 bits per heavy atom. The van der Waals surface area contributed by atoms with Crippen LogP contribution in [0.2, 0.25) is 0 Å². The molecule has 0 amide bonds. The van der Waals surface area contributed by atoms with Crippen LogP contribution < -0.4 is 5.32 Å². The molecule has 5 aromatic carbocycles.